The summed E-state index contributed by atoms with van der Waals surface area (Å²) in [5.74, 6) is 6.05. The van der Waals surface area contributed by atoms with Crippen molar-refractivity contribution in [2.24, 2.45) is 5.84 Å². The third-order valence-electron chi connectivity index (χ3n) is 2.90. The van der Waals surface area contributed by atoms with Crippen molar-refractivity contribution in [3.63, 3.8) is 0 Å². The van der Waals surface area contributed by atoms with Crippen molar-refractivity contribution in [2.75, 3.05) is 39.4 Å². The lowest BCUT2D eigenvalue weighted by molar-refractivity contribution is -0.216. The number of nitrogens with two attached hydrogens (primary N) is 1. The van der Waals surface area contributed by atoms with Crippen LogP contribution in [0, 0.1) is 0 Å². The van der Waals surface area contributed by atoms with E-state index in [9.17, 15) is 0 Å². The number of hydrogen-bond acceptors (Lipinski definition) is 5. The standard InChI is InChI=1S/C9H20N4O/c10-13(11-4-2-1-3-5-11)12-6-8-14-9-7-12/h1-10H2. The lowest BCUT2D eigenvalue weighted by atomic mass is 10.2. The number of ether oxygens (including phenoxy) is 1. The summed E-state index contributed by atoms with van der Waals surface area (Å²) in [7, 11) is 0. The molecule has 2 rings (SSSR count). The molecular formula is C9H20N4O. The van der Waals surface area contributed by atoms with Gasteiger partial charge in [0.2, 0.25) is 0 Å². The van der Waals surface area contributed by atoms with E-state index in [4.69, 9.17) is 10.6 Å². The summed E-state index contributed by atoms with van der Waals surface area (Å²) in [4.78, 5) is 0. The van der Waals surface area contributed by atoms with E-state index in [0.29, 0.717) is 0 Å². The van der Waals surface area contributed by atoms with Crippen molar-refractivity contribution >= 4 is 0 Å². The number of hydrazine groups is 3. The van der Waals surface area contributed by atoms with Crippen molar-refractivity contribution in [3.8, 4) is 0 Å². The highest BCUT2D eigenvalue weighted by atomic mass is 16.5. The summed E-state index contributed by atoms with van der Waals surface area (Å²) in [5.41, 5.74) is 0. The van der Waals surface area contributed by atoms with Crippen LogP contribution in [0.5, 0.6) is 0 Å². The third kappa shape index (κ3) is 2.43. The van der Waals surface area contributed by atoms with Crippen molar-refractivity contribution < 1.29 is 4.74 Å². The van der Waals surface area contributed by atoms with Gasteiger partial charge in [-0.25, -0.2) is 15.9 Å². The maximum Gasteiger partial charge on any atom is 0.0609 e. The van der Waals surface area contributed by atoms with Crippen molar-refractivity contribution in [2.45, 2.75) is 19.3 Å². The minimum atomic E-state index is 0.793. The van der Waals surface area contributed by atoms with Gasteiger partial charge in [0.25, 0.3) is 0 Å². The van der Waals surface area contributed by atoms with Crippen molar-refractivity contribution in [1.29, 1.82) is 0 Å². The Balaban J connectivity index is 1.82. The van der Waals surface area contributed by atoms with E-state index in [1.54, 1.807) is 0 Å². The maximum absolute atomic E-state index is 6.05. The van der Waals surface area contributed by atoms with Crippen LogP contribution in [0.2, 0.25) is 0 Å². The number of piperidine rings is 1. The van der Waals surface area contributed by atoms with Gasteiger partial charge in [-0.1, -0.05) is 6.42 Å². The number of rotatable bonds is 2. The Labute approximate surface area is 85.3 Å². The minimum absolute atomic E-state index is 0.793. The summed E-state index contributed by atoms with van der Waals surface area (Å²) < 4.78 is 5.29. The van der Waals surface area contributed by atoms with Crippen LogP contribution in [0.15, 0.2) is 0 Å². The molecule has 2 N–H and O–H groups in total. The van der Waals surface area contributed by atoms with Gasteiger partial charge in [-0.05, 0) is 12.8 Å². The SMILES string of the molecule is NN(N1CCCCC1)N1CCOCC1. The molecule has 0 aromatic carbocycles. The molecule has 5 heteroatoms. The van der Waals surface area contributed by atoms with Gasteiger partial charge in [-0.2, -0.15) is 0 Å². The second-order valence-corrected chi connectivity index (χ2v) is 3.90. The predicted octanol–water partition coefficient (Wildman–Crippen LogP) is -0.190. The molecule has 2 saturated heterocycles. The molecule has 0 atom stereocenters. The zero-order valence-corrected chi connectivity index (χ0v) is 8.69. The van der Waals surface area contributed by atoms with E-state index in [1.165, 1.54) is 19.3 Å². The topological polar surface area (TPSA) is 45.0 Å². The lowest BCUT2D eigenvalue weighted by Crippen LogP contribution is -2.61. The Morgan fingerprint density at radius 1 is 0.857 bits per heavy atom. The first-order valence-electron chi connectivity index (χ1n) is 5.50. The van der Waals surface area contributed by atoms with Crippen LogP contribution in [0.4, 0.5) is 0 Å². The third-order valence-corrected chi connectivity index (χ3v) is 2.90. The van der Waals surface area contributed by atoms with Crippen LogP contribution >= 0.6 is 0 Å². The molecule has 0 aromatic heterocycles. The molecular weight excluding hydrogens is 180 g/mol. The molecule has 5 nitrogen and oxygen atoms in total. The van der Waals surface area contributed by atoms with Gasteiger partial charge in [0.1, 0.15) is 0 Å². The van der Waals surface area contributed by atoms with Gasteiger partial charge in [0, 0.05) is 26.2 Å². The Morgan fingerprint density at radius 2 is 1.43 bits per heavy atom. The molecule has 2 fully saturated rings. The Morgan fingerprint density at radius 3 is 2.07 bits per heavy atom. The van der Waals surface area contributed by atoms with E-state index in [0.717, 1.165) is 39.4 Å². The van der Waals surface area contributed by atoms with Gasteiger partial charge in [-0.15, -0.1) is 5.23 Å². The van der Waals surface area contributed by atoms with E-state index >= 15 is 0 Å². The van der Waals surface area contributed by atoms with E-state index < -0.39 is 0 Å². The first-order chi connectivity index (χ1) is 6.88. The highest BCUT2D eigenvalue weighted by molar-refractivity contribution is 4.62. The highest BCUT2D eigenvalue weighted by Crippen LogP contribution is 2.11. The first-order valence-corrected chi connectivity index (χ1v) is 5.50. The van der Waals surface area contributed by atoms with Crippen molar-refractivity contribution in [1.82, 2.24) is 15.2 Å². The van der Waals surface area contributed by atoms with Crippen LogP contribution in [-0.4, -0.2) is 54.6 Å². The Kier molecular flexibility index (Phi) is 3.72. The largest absolute Gasteiger partial charge is 0.379 e. The summed E-state index contributed by atoms with van der Waals surface area (Å²) in [6.45, 7) is 5.59. The van der Waals surface area contributed by atoms with E-state index in [1.807, 2.05) is 5.23 Å². The molecule has 2 aliphatic heterocycles. The van der Waals surface area contributed by atoms with Crippen LogP contribution in [0.1, 0.15) is 19.3 Å². The van der Waals surface area contributed by atoms with E-state index in [2.05, 4.69) is 10.0 Å². The smallest absolute Gasteiger partial charge is 0.0609 e. The highest BCUT2D eigenvalue weighted by Gasteiger charge is 2.22. The number of nitrogens with zero attached hydrogens (tertiary/aromatic N) is 3. The monoisotopic (exact) mass is 200 g/mol. The average molecular weight is 200 g/mol. The molecule has 0 amide bonds. The molecule has 0 aromatic rings. The molecule has 0 unspecified atom stereocenters. The summed E-state index contributed by atoms with van der Waals surface area (Å²) in [6, 6.07) is 0. The Hall–Kier alpha value is -0.200. The van der Waals surface area contributed by atoms with Gasteiger partial charge in [0.05, 0.1) is 13.2 Å². The summed E-state index contributed by atoms with van der Waals surface area (Å²) >= 11 is 0. The summed E-state index contributed by atoms with van der Waals surface area (Å²) in [5, 5.41) is 6.20. The minimum Gasteiger partial charge on any atom is -0.379 e. The second kappa shape index (κ2) is 5.04. The average Bonchev–Trinajstić information content (AvgIpc) is 2.30. The van der Waals surface area contributed by atoms with Crippen LogP contribution in [-0.2, 0) is 4.74 Å². The fraction of sp³-hybridized carbons (Fsp3) is 1.00. The van der Waals surface area contributed by atoms with E-state index in [-0.39, 0.29) is 0 Å². The second-order valence-electron chi connectivity index (χ2n) is 3.90. The molecule has 2 heterocycles. The molecule has 0 radical (unpaired) electrons. The van der Waals surface area contributed by atoms with Crippen LogP contribution in [0.25, 0.3) is 0 Å². The van der Waals surface area contributed by atoms with Crippen molar-refractivity contribution in [3.05, 3.63) is 0 Å². The van der Waals surface area contributed by atoms with Gasteiger partial charge >= 0.3 is 0 Å². The van der Waals surface area contributed by atoms with Gasteiger partial charge < -0.3 is 4.74 Å². The maximum atomic E-state index is 6.05. The predicted molar refractivity (Wildman–Crippen MR) is 53.8 cm³/mol. The van der Waals surface area contributed by atoms with Gasteiger partial charge in [-0.3, -0.25) is 0 Å². The zero-order valence-electron chi connectivity index (χ0n) is 8.69. The molecule has 2 aliphatic rings. The zero-order chi connectivity index (χ0) is 9.80. The molecule has 0 saturated carbocycles. The fourth-order valence-electron chi connectivity index (χ4n) is 2.02. The quantitative estimate of drug-likeness (QED) is 0.494. The molecule has 0 bridgehead atoms. The number of morpholine rings is 1. The lowest BCUT2D eigenvalue weighted by Gasteiger charge is -2.41. The molecule has 0 aliphatic carbocycles. The molecule has 14 heavy (non-hydrogen) atoms. The Bertz CT molecular complexity index is 148. The van der Waals surface area contributed by atoms with Crippen LogP contribution < -0.4 is 5.84 Å². The first kappa shape index (κ1) is 10.3. The molecule has 82 valence electrons. The fourth-order valence-corrected chi connectivity index (χ4v) is 2.02. The van der Waals surface area contributed by atoms with Crippen LogP contribution in [0.3, 0.4) is 0 Å². The number of hydrogen-bond donors (Lipinski definition) is 1. The summed E-state index contributed by atoms with van der Waals surface area (Å²) in [6.07, 6.45) is 3.86. The molecule has 0 spiro atoms. The normalized spacial score (nSPS) is 27.0. The van der Waals surface area contributed by atoms with Gasteiger partial charge in [0.15, 0.2) is 0 Å².